The summed E-state index contributed by atoms with van der Waals surface area (Å²) in [7, 11) is 0. The Labute approximate surface area is 72.0 Å². The highest BCUT2D eigenvalue weighted by Crippen LogP contribution is 2.21. The first-order chi connectivity index (χ1) is 6.06. The molecule has 0 aliphatic rings. The number of aromatic amines is 1. The Morgan fingerprint density at radius 3 is 2.77 bits per heavy atom. The first-order valence-electron chi connectivity index (χ1n) is 3.36. The largest absolute Gasteiger partial charge is 0.494 e. The second kappa shape index (κ2) is 3.23. The van der Waals surface area contributed by atoms with Crippen LogP contribution in [0.1, 0.15) is 5.56 Å². The fourth-order valence-corrected chi connectivity index (χ4v) is 0.925. The summed E-state index contributed by atoms with van der Waals surface area (Å²) < 4.78 is 0. The summed E-state index contributed by atoms with van der Waals surface area (Å²) in [6.45, 7) is -0.209. The zero-order valence-corrected chi connectivity index (χ0v) is 6.48. The molecule has 0 radical (unpaired) electrons. The Hall–Kier alpha value is -1.89. The van der Waals surface area contributed by atoms with Crippen molar-refractivity contribution in [3.05, 3.63) is 32.1 Å². The van der Waals surface area contributed by atoms with Crippen molar-refractivity contribution in [1.29, 1.82) is 0 Å². The van der Waals surface area contributed by atoms with Crippen LogP contribution in [0.5, 0.6) is 5.88 Å². The van der Waals surface area contributed by atoms with Crippen LogP contribution in [0, 0.1) is 10.1 Å². The predicted molar refractivity (Wildman–Crippen MR) is 43.3 cm³/mol. The average Bonchev–Trinajstić information content (AvgIpc) is 2.02. The van der Waals surface area contributed by atoms with E-state index in [-0.39, 0.29) is 12.1 Å². The van der Waals surface area contributed by atoms with Crippen LogP contribution in [0.2, 0.25) is 0 Å². The molecule has 0 aromatic carbocycles. The minimum absolute atomic E-state index is 0.0791. The molecule has 0 saturated heterocycles. The van der Waals surface area contributed by atoms with E-state index in [9.17, 15) is 14.9 Å². The van der Waals surface area contributed by atoms with Crippen LogP contribution in [0.3, 0.4) is 0 Å². The summed E-state index contributed by atoms with van der Waals surface area (Å²) in [6.07, 6.45) is 0. The molecule has 0 unspecified atom stereocenters. The summed E-state index contributed by atoms with van der Waals surface area (Å²) in [5.41, 5.74) is 3.87. The van der Waals surface area contributed by atoms with Crippen LogP contribution >= 0.6 is 0 Å². The molecule has 70 valence electrons. The van der Waals surface area contributed by atoms with Crippen LogP contribution in [-0.4, -0.2) is 15.0 Å². The van der Waals surface area contributed by atoms with Gasteiger partial charge in [-0.25, -0.2) is 0 Å². The van der Waals surface area contributed by atoms with Crippen LogP contribution < -0.4 is 11.3 Å². The molecule has 0 fully saturated rings. The number of rotatable bonds is 2. The number of nitrogens with zero attached hydrogens (tertiary/aromatic N) is 1. The van der Waals surface area contributed by atoms with Gasteiger partial charge in [0.1, 0.15) is 5.56 Å². The number of hydrogen-bond donors (Lipinski definition) is 3. The highest BCUT2D eigenvalue weighted by Gasteiger charge is 2.17. The van der Waals surface area contributed by atoms with E-state index in [0.717, 1.165) is 6.07 Å². The van der Waals surface area contributed by atoms with E-state index in [4.69, 9.17) is 10.8 Å². The van der Waals surface area contributed by atoms with Gasteiger partial charge in [0.25, 0.3) is 11.2 Å². The van der Waals surface area contributed by atoms with Gasteiger partial charge in [0, 0.05) is 6.54 Å². The van der Waals surface area contributed by atoms with E-state index in [1.165, 1.54) is 0 Å². The summed E-state index contributed by atoms with van der Waals surface area (Å²) in [4.78, 5) is 22.3. The van der Waals surface area contributed by atoms with Crippen molar-refractivity contribution in [3.8, 4) is 5.88 Å². The third-order valence-corrected chi connectivity index (χ3v) is 1.51. The van der Waals surface area contributed by atoms with E-state index >= 15 is 0 Å². The van der Waals surface area contributed by atoms with Crippen molar-refractivity contribution in [2.45, 2.75) is 6.54 Å². The number of aromatic nitrogens is 1. The van der Waals surface area contributed by atoms with Gasteiger partial charge in [0.05, 0.1) is 11.0 Å². The number of hydrogen-bond acceptors (Lipinski definition) is 5. The van der Waals surface area contributed by atoms with E-state index in [2.05, 4.69) is 0 Å². The molecule has 1 heterocycles. The monoisotopic (exact) mass is 185 g/mol. The lowest BCUT2D eigenvalue weighted by molar-refractivity contribution is -0.385. The normalized spacial score (nSPS) is 9.92. The molecule has 0 saturated carbocycles. The Morgan fingerprint density at radius 2 is 2.31 bits per heavy atom. The third kappa shape index (κ3) is 1.64. The molecule has 1 aromatic heterocycles. The molecule has 7 nitrogen and oxygen atoms in total. The van der Waals surface area contributed by atoms with Crippen molar-refractivity contribution in [3.63, 3.8) is 0 Å². The lowest BCUT2D eigenvalue weighted by Crippen LogP contribution is -2.11. The smallest absolute Gasteiger partial charge is 0.284 e. The van der Waals surface area contributed by atoms with E-state index in [1.807, 2.05) is 4.98 Å². The van der Waals surface area contributed by atoms with Gasteiger partial charge in [0.2, 0.25) is 5.88 Å². The van der Waals surface area contributed by atoms with Crippen LogP contribution in [0.25, 0.3) is 0 Å². The van der Waals surface area contributed by atoms with E-state index in [0.29, 0.717) is 0 Å². The van der Waals surface area contributed by atoms with Gasteiger partial charge in [-0.2, -0.15) is 0 Å². The zero-order chi connectivity index (χ0) is 10.0. The van der Waals surface area contributed by atoms with Gasteiger partial charge in [-0.15, -0.1) is 0 Å². The average molecular weight is 185 g/mol. The second-order valence-corrected chi connectivity index (χ2v) is 2.31. The molecule has 0 atom stereocenters. The maximum absolute atomic E-state index is 10.7. The molecule has 0 aliphatic carbocycles. The van der Waals surface area contributed by atoms with Gasteiger partial charge in [0.15, 0.2) is 0 Å². The van der Waals surface area contributed by atoms with Crippen molar-refractivity contribution < 1.29 is 10.0 Å². The van der Waals surface area contributed by atoms with Gasteiger partial charge < -0.3 is 10.8 Å². The minimum atomic E-state index is -0.767. The standard InChI is InChI=1S/C6H7N3O4/c7-2-3-4(9(12)13)1-5(10)8-6(3)11/h1H,2,7H2,(H2,8,10,11). The molecule has 4 N–H and O–H groups in total. The molecule has 1 aromatic rings. The third-order valence-electron chi connectivity index (χ3n) is 1.51. The van der Waals surface area contributed by atoms with Gasteiger partial charge in [-0.3, -0.25) is 19.9 Å². The molecule has 13 heavy (non-hydrogen) atoms. The Morgan fingerprint density at radius 1 is 1.69 bits per heavy atom. The topological polar surface area (TPSA) is 122 Å². The number of nitro groups is 1. The predicted octanol–water partition coefficient (Wildman–Crippen LogP) is -0.553. The first kappa shape index (κ1) is 9.20. The van der Waals surface area contributed by atoms with Crippen molar-refractivity contribution in [1.82, 2.24) is 4.98 Å². The highest BCUT2D eigenvalue weighted by molar-refractivity contribution is 5.44. The van der Waals surface area contributed by atoms with Gasteiger partial charge in [-0.05, 0) is 0 Å². The number of pyridine rings is 1. The molecular formula is C6H7N3O4. The minimum Gasteiger partial charge on any atom is -0.494 e. The molecule has 0 bridgehead atoms. The zero-order valence-electron chi connectivity index (χ0n) is 6.48. The fourth-order valence-electron chi connectivity index (χ4n) is 0.925. The Kier molecular flexibility index (Phi) is 2.29. The maximum Gasteiger partial charge on any atom is 0.284 e. The van der Waals surface area contributed by atoms with Crippen LogP contribution in [0.15, 0.2) is 10.9 Å². The number of H-pyrrole nitrogens is 1. The molecule has 0 spiro atoms. The summed E-state index contributed by atoms with van der Waals surface area (Å²) in [5, 5.41) is 19.5. The molecular weight excluding hydrogens is 178 g/mol. The number of nitrogens with two attached hydrogens (primary N) is 1. The van der Waals surface area contributed by atoms with Gasteiger partial charge >= 0.3 is 0 Å². The summed E-state index contributed by atoms with van der Waals surface area (Å²) >= 11 is 0. The van der Waals surface area contributed by atoms with E-state index < -0.39 is 22.0 Å². The first-order valence-corrected chi connectivity index (χ1v) is 3.36. The van der Waals surface area contributed by atoms with Crippen LogP contribution in [-0.2, 0) is 6.54 Å². The SMILES string of the molecule is NCc1c([N+](=O)[O-])cc(=O)[nH]c1O. The lowest BCUT2D eigenvalue weighted by Gasteiger charge is -2.00. The fraction of sp³-hybridized carbons (Fsp3) is 0.167. The Bertz CT molecular complexity index is 397. The van der Waals surface area contributed by atoms with Crippen molar-refractivity contribution >= 4 is 5.69 Å². The van der Waals surface area contributed by atoms with E-state index in [1.54, 1.807) is 0 Å². The number of aromatic hydroxyl groups is 1. The maximum atomic E-state index is 10.7. The molecule has 1 rings (SSSR count). The summed E-state index contributed by atoms with van der Waals surface area (Å²) in [6, 6.07) is 0.780. The van der Waals surface area contributed by atoms with Crippen molar-refractivity contribution in [2.24, 2.45) is 5.73 Å². The molecule has 0 aliphatic heterocycles. The van der Waals surface area contributed by atoms with Gasteiger partial charge in [-0.1, -0.05) is 0 Å². The second-order valence-electron chi connectivity index (χ2n) is 2.31. The molecule has 7 heteroatoms. The van der Waals surface area contributed by atoms with Crippen molar-refractivity contribution in [2.75, 3.05) is 0 Å². The quantitative estimate of drug-likeness (QED) is 0.421. The lowest BCUT2D eigenvalue weighted by atomic mass is 10.2. The van der Waals surface area contributed by atoms with Crippen LogP contribution in [0.4, 0.5) is 5.69 Å². The Balaban J connectivity index is 3.47. The molecule has 0 amide bonds. The highest BCUT2D eigenvalue weighted by atomic mass is 16.6. The number of nitrogens with one attached hydrogen (secondary N) is 1. The summed E-state index contributed by atoms with van der Waals surface area (Å²) in [5.74, 6) is -0.554.